The Morgan fingerprint density at radius 3 is 3.14 bits per heavy atom. The number of rotatable bonds is 3. The topological polar surface area (TPSA) is 42.4 Å². The zero-order chi connectivity index (χ0) is 9.86. The molecule has 3 nitrogen and oxygen atoms in total. The molecule has 0 saturated carbocycles. The minimum atomic E-state index is -0.0771. The number of thiazole rings is 1. The van der Waals surface area contributed by atoms with Gasteiger partial charge in [-0.25, -0.2) is 4.98 Å². The van der Waals surface area contributed by atoms with Crippen LogP contribution in [0.2, 0.25) is 0 Å². The minimum Gasteiger partial charge on any atom is -0.396 e. The molecule has 0 spiro atoms. The third kappa shape index (κ3) is 2.13. The van der Waals surface area contributed by atoms with Crippen molar-refractivity contribution in [3.8, 4) is 0 Å². The second-order valence-corrected chi connectivity index (χ2v) is 4.69. The molecule has 0 radical (unpaired) electrons. The normalized spacial score (nSPS) is 27.8. The van der Waals surface area contributed by atoms with Crippen molar-refractivity contribution < 1.29 is 9.84 Å². The molecule has 1 aliphatic rings. The summed E-state index contributed by atoms with van der Waals surface area (Å²) in [6, 6.07) is 0. The molecule has 1 aromatic rings. The molecule has 0 aliphatic carbocycles. The number of hydrogen-bond donors (Lipinski definition) is 1. The van der Waals surface area contributed by atoms with Crippen LogP contribution in [0.3, 0.4) is 0 Å². The van der Waals surface area contributed by atoms with E-state index in [9.17, 15) is 5.11 Å². The summed E-state index contributed by atoms with van der Waals surface area (Å²) in [5.41, 5.74) is 2.84. The average Bonchev–Trinajstić information content (AvgIpc) is 2.72. The van der Waals surface area contributed by atoms with Gasteiger partial charge in [-0.3, -0.25) is 0 Å². The van der Waals surface area contributed by atoms with Gasteiger partial charge < -0.3 is 9.84 Å². The van der Waals surface area contributed by atoms with Gasteiger partial charge in [-0.2, -0.15) is 0 Å². The van der Waals surface area contributed by atoms with E-state index in [0.29, 0.717) is 6.61 Å². The van der Waals surface area contributed by atoms with Crippen molar-refractivity contribution in [1.29, 1.82) is 0 Å². The molecule has 1 saturated heterocycles. The summed E-state index contributed by atoms with van der Waals surface area (Å²) in [7, 11) is 0. The molecule has 14 heavy (non-hydrogen) atoms. The molecule has 0 amide bonds. The highest BCUT2D eigenvalue weighted by Gasteiger charge is 2.32. The summed E-state index contributed by atoms with van der Waals surface area (Å²) in [4.78, 5) is 4.26. The van der Waals surface area contributed by atoms with Crippen LogP contribution in [-0.2, 0) is 11.2 Å². The van der Waals surface area contributed by atoms with Crippen molar-refractivity contribution in [1.82, 2.24) is 4.98 Å². The number of aliphatic hydroxyl groups is 1. The monoisotopic (exact) mass is 213 g/mol. The molecule has 1 fully saturated rings. The predicted molar refractivity (Wildman–Crippen MR) is 55.4 cm³/mol. The quantitative estimate of drug-likeness (QED) is 0.827. The Balaban J connectivity index is 2.04. The standard InChI is InChI=1S/C10H15NO2S/c12-6-10(2-1-3-13-7-10)4-9-5-14-8-11-9/h5,8,12H,1-4,6-7H2. The first-order valence-corrected chi connectivity index (χ1v) is 5.85. The minimum absolute atomic E-state index is 0.0771. The Morgan fingerprint density at radius 2 is 2.57 bits per heavy atom. The second kappa shape index (κ2) is 4.38. The van der Waals surface area contributed by atoms with Gasteiger partial charge in [0.25, 0.3) is 0 Å². The van der Waals surface area contributed by atoms with E-state index in [1.54, 1.807) is 11.3 Å². The summed E-state index contributed by atoms with van der Waals surface area (Å²) in [6.07, 6.45) is 2.93. The molecule has 1 unspecified atom stereocenters. The van der Waals surface area contributed by atoms with Crippen LogP contribution in [0.1, 0.15) is 18.5 Å². The molecule has 2 rings (SSSR count). The van der Waals surface area contributed by atoms with Crippen LogP contribution in [0.25, 0.3) is 0 Å². The molecule has 1 aromatic heterocycles. The number of nitrogens with zero attached hydrogens (tertiary/aromatic N) is 1. The Bertz CT molecular complexity index is 268. The van der Waals surface area contributed by atoms with Crippen molar-refractivity contribution in [2.24, 2.45) is 5.41 Å². The van der Waals surface area contributed by atoms with Crippen LogP contribution in [0, 0.1) is 5.41 Å². The van der Waals surface area contributed by atoms with Gasteiger partial charge in [-0.1, -0.05) is 0 Å². The summed E-state index contributed by atoms with van der Waals surface area (Å²) < 4.78 is 5.44. The van der Waals surface area contributed by atoms with E-state index >= 15 is 0 Å². The van der Waals surface area contributed by atoms with Crippen LogP contribution in [0.5, 0.6) is 0 Å². The van der Waals surface area contributed by atoms with E-state index in [4.69, 9.17) is 4.74 Å². The number of hydrogen-bond acceptors (Lipinski definition) is 4. The zero-order valence-corrected chi connectivity index (χ0v) is 8.92. The number of ether oxygens (including phenoxy) is 1. The number of aromatic nitrogens is 1. The summed E-state index contributed by atoms with van der Waals surface area (Å²) in [5.74, 6) is 0. The number of aliphatic hydroxyl groups excluding tert-OH is 1. The molecule has 1 aliphatic heterocycles. The van der Waals surface area contributed by atoms with E-state index in [0.717, 1.165) is 31.6 Å². The zero-order valence-electron chi connectivity index (χ0n) is 8.11. The third-order valence-electron chi connectivity index (χ3n) is 2.78. The fraction of sp³-hybridized carbons (Fsp3) is 0.700. The average molecular weight is 213 g/mol. The lowest BCUT2D eigenvalue weighted by molar-refractivity contribution is -0.0383. The third-order valence-corrected chi connectivity index (χ3v) is 3.41. The van der Waals surface area contributed by atoms with Crippen LogP contribution in [0.15, 0.2) is 10.9 Å². The SMILES string of the molecule is OCC1(Cc2cscn2)CCCOC1. The Labute approximate surface area is 87.7 Å². The fourth-order valence-electron chi connectivity index (χ4n) is 1.94. The maximum Gasteiger partial charge on any atom is 0.0794 e. The van der Waals surface area contributed by atoms with E-state index in [-0.39, 0.29) is 12.0 Å². The van der Waals surface area contributed by atoms with Gasteiger partial charge in [-0.05, 0) is 12.8 Å². The Hall–Kier alpha value is -0.450. The van der Waals surface area contributed by atoms with E-state index < -0.39 is 0 Å². The maximum atomic E-state index is 9.44. The fourth-order valence-corrected chi connectivity index (χ4v) is 2.50. The summed E-state index contributed by atoms with van der Waals surface area (Å²) in [5, 5.41) is 11.5. The molecule has 0 aromatic carbocycles. The van der Waals surface area contributed by atoms with Crippen molar-refractivity contribution in [3.05, 3.63) is 16.6 Å². The molecule has 78 valence electrons. The highest BCUT2D eigenvalue weighted by atomic mass is 32.1. The molecule has 2 heterocycles. The molecular weight excluding hydrogens is 198 g/mol. The first kappa shape index (κ1) is 10.1. The van der Waals surface area contributed by atoms with Gasteiger partial charge in [0.05, 0.1) is 24.4 Å². The summed E-state index contributed by atoms with van der Waals surface area (Å²) in [6.45, 7) is 1.70. The van der Waals surface area contributed by atoms with Gasteiger partial charge in [0.15, 0.2) is 0 Å². The van der Waals surface area contributed by atoms with Crippen molar-refractivity contribution in [3.63, 3.8) is 0 Å². The van der Waals surface area contributed by atoms with Gasteiger partial charge >= 0.3 is 0 Å². The van der Waals surface area contributed by atoms with Crippen LogP contribution < -0.4 is 0 Å². The highest BCUT2D eigenvalue weighted by molar-refractivity contribution is 7.07. The smallest absolute Gasteiger partial charge is 0.0794 e. The molecular formula is C10H15NO2S. The Kier molecular flexibility index (Phi) is 3.15. The highest BCUT2D eigenvalue weighted by Crippen LogP contribution is 2.31. The maximum absolute atomic E-state index is 9.44. The van der Waals surface area contributed by atoms with Gasteiger partial charge in [0.1, 0.15) is 0 Å². The van der Waals surface area contributed by atoms with E-state index in [2.05, 4.69) is 4.98 Å². The van der Waals surface area contributed by atoms with Gasteiger partial charge in [-0.15, -0.1) is 11.3 Å². The molecule has 1 atom stereocenters. The Morgan fingerprint density at radius 1 is 1.64 bits per heavy atom. The molecule has 1 N–H and O–H groups in total. The summed E-state index contributed by atoms with van der Waals surface area (Å²) >= 11 is 1.60. The lowest BCUT2D eigenvalue weighted by Crippen LogP contribution is -2.37. The van der Waals surface area contributed by atoms with Crippen LogP contribution in [-0.4, -0.2) is 29.9 Å². The predicted octanol–water partition coefficient (Wildman–Crippen LogP) is 1.47. The second-order valence-electron chi connectivity index (χ2n) is 3.97. The first-order chi connectivity index (χ1) is 6.85. The van der Waals surface area contributed by atoms with Gasteiger partial charge in [0, 0.05) is 23.8 Å². The van der Waals surface area contributed by atoms with Crippen molar-refractivity contribution >= 4 is 11.3 Å². The van der Waals surface area contributed by atoms with Crippen molar-refractivity contribution in [2.75, 3.05) is 19.8 Å². The van der Waals surface area contributed by atoms with Crippen LogP contribution >= 0.6 is 11.3 Å². The van der Waals surface area contributed by atoms with Crippen molar-refractivity contribution in [2.45, 2.75) is 19.3 Å². The first-order valence-electron chi connectivity index (χ1n) is 4.90. The van der Waals surface area contributed by atoms with Crippen LogP contribution in [0.4, 0.5) is 0 Å². The molecule has 4 heteroatoms. The molecule has 0 bridgehead atoms. The largest absolute Gasteiger partial charge is 0.396 e. The van der Waals surface area contributed by atoms with E-state index in [1.807, 2.05) is 10.9 Å². The van der Waals surface area contributed by atoms with E-state index in [1.165, 1.54) is 0 Å². The lowest BCUT2D eigenvalue weighted by atomic mass is 9.79. The lowest BCUT2D eigenvalue weighted by Gasteiger charge is -2.34. The van der Waals surface area contributed by atoms with Gasteiger partial charge in [0.2, 0.25) is 0 Å².